The quantitative estimate of drug-likeness (QED) is 0.901. The van der Waals surface area contributed by atoms with Gasteiger partial charge in [0.15, 0.2) is 0 Å². The molecule has 0 fully saturated rings. The predicted octanol–water partition coefficient (Wildman–Crippen LogP) is 2.19. The molecule has 0 aromatic carbocycles. The van der Waals surface area contributed by atoms with Crippen molar-refractivity contribution in [2.75, 3.05) is 11.9 Å². The number of hydrogen-bond donors (Lipinski definition) is 1. The first-order chi connectivity index (χ1) is 8.16. The van der Waals surface area contributed by atoms with E-state index in [9.17, 15) is 0 Å². The van der Waals surface area contributed by atoms with Crippen molar-refractivity contribution in [2.45, 2.75) is 19.5 Å². The van der Waals surface area contributed by atoms with Crippen LogP contribution in [0.1, 0.15) is 24.2 Å². The van der Waals surface area contributed by atoms with Crippen LogP contribution in [0, 0.1) is 0 Å². The summed E-state index contributed by atoms with van der Waals surface area (Å²) >= 11 is 1.61. The zero-order valence-electron chi connectivity index (χ0n) is 10.00. The third-order valence-electron chi connectivity index (χ3n) is 2.57. The lowest BCUT2D eigenvalue weighted by Gasteiger charge is -2.17. The second kappa shape index (κ2) is 5.25. The first-order valence-electron chi connectivity index (χ1n) is 5.46. The Balaban J connectivity index is 2.06. The fraction of sp³-hybridized carbons (Fsp3) is 0.333. The van der Waals surface area contributed by atoms with Crippen molar-refractivity contribution in [1.82, 2.24) is 9.97 Å². The van der Waals surface area contributed by atoms with Gasteiger partial charge in [-0.3, -0.25) is 0 Å². The van der Waals surface area contributed by atoms with Gasteiger partial charge in [0.1, 0.15) is 5.82 Å². The predicted molar refractivity (Wildman–Crippen MR) is 71.1 cm³/mol. The number of rotatable bonds is 4. The zero-order valence-corrected chi connectivity index (χ0v) is 10.8. The number of aromatic nitrogens is 2. The molecular weight excluding hydrogens is 232 g/mol. The molecule has 0 aliphatic heterocycles. The minimum atomic E-state index is 0.0281. The normalized spacial score (nSPS) is 12.4. The van der Waals surface area contributed by atoms with Gasteiger partial charge < -0.3 is 10.6 Å². The van der Waals surface area contributed by atoms with E-state index < -0.39 is 0 Å². The van der Waals surface area contributed by atoms with E-state index in [1.165, 1.54) is 0 Å². The second-order valence-corrected chi connectivity index (χ2v) is 4.79. The van der Waals surface area contributed by atoms with Gasteiger partial charge in [0.2, 0.25) is 0 Å². The summed E-state index contributed by atoms with van der Waals surface area (Å²) in [6, 6.07) is 4.04. The number of nitrogens with zero attached hydrogens (tertiary/aromatic N) is 3. The standard InChI is InChI=1S/C12H16N4S/c1-9(13)10-3-4-12(14-5-10)16(2)6-11-7-17-8-15-11/h3-5,7-9H,6,13H2,1-2H3. The Labute approximate surface area is 105 Å². The third-order valence-corrected chi connectivity index (χ3v) is 3.21. The highest BCUT2D eigenvalue weighted by atomic mass is 32.1. The Morgan fingerprint density at radius 3 is 2.76 bits per heavy atom. The van der Waals surface area contributed by atoms with Crippen molar-refractivity contribution in [3.63, 3.8) is 0 Å². The Kier molecular flexibility index (Phi) is 3.71. The molecule has 0 saturated heterocycles. The highest BCUT2D eigenvalue weighted by molar-refractivity contribution is 7.07. The molecular formula is C12H16N4S. The molecule has 1 unspecified atom stereocenters. The monoisotopic (exact) mass is 248 g/mol. The topological polar surface area (TPSA) is 55.0 Å². The van der Waals surface area contributed by atoms with Gasteiger partial charge in [-0.05, 0) is 18.6 Å². The maximum atomic E-state index is 5.79. The van der Waals surface area contributed by atoms with Gasteiger partial charge in [-0.15, -0.1) is 11.3 Å². The molecule has 2 rings (SSSR count). The second-order valence-electron chi connectivity index (χ2n) is 4.07. The van der Waals surface area contributed by atoms with Gasteiger partial charge in [0, 0.05) is 24.7 Å². The maximum absolute atomic E-state index is 5.79. The Morgan fingerprint density at radius 1 is 1.41 bits per heavy atom. The summed E-state index contributed by atoms with van der Waals surface area (Å²) in [5, 5.41) is 2.05. The summed E-state index contributed by atoms with van der Waals surface area (Å²) in [4.78, 5) is 10.7. The Bertz CT molecular complexity index is 450. The van der Waals surface area contributed by atoms with E-state index >= 15 is 0 Å². The van der Waals surface area contributed by atoms with Crippen LogP contribution in [0.2, 0.25) is 0 Å². The minimum Gasteiger partial charge on any atom is -0.354 e. The van der Waals surface area contributed by atoms with Crippen LogP contribution >= 0.6 is 11.3 Å². The Morgan fingerprint density at radius 2 is 2.24 bits per heavy atom. The molecule has 0 aliphatic carbocycles. The number of hydrogen-bond acceptors (Lipinski definition) is 5. The van der Waals surface area contributed by atoms with Crippen molar-refractivity contribution in [3.05, 3.63) is 40.5 Å². The largest absolute Gasteiger partial charge is 0.354 e. The van der Waals surface area contributed by atoms with Gasteiger partial charge in [-0.1, -0.05) is 6.07 Å². The first kappa shape index (κ1) is 12.0. The fourth-order valence-electron chi connectivity index (χ4n) is 1.53. The van der Waals surface area contributed by atoms with Crippen molar-refractivity contribution >= 4 is 17.2 Å². The first-order valence-corrected chi connectivity index (χ1v) is 6.41. The van der Waals surface area contributed by atoms with Crippen LogP contribution < -0.4 is 10.6 Å². The lowest BCUT2D eigenvalue weighted by atomic mass is 10.1. The average molecular weight is 248 g/mol. The van der Waals surface area contributed by atoms with Crippen LogP contribution in [0.4, 0.5) is 5.82 Å². The van der Waals surface area contributed by atoms with E-state index in [-0.39, 0.29) is 6.04 Å². The van der Waals surface area contributed by atoms with Crippen LogP contribution in [0.5, 0.6) is 0 Å². The van der Waals surface area contributed by atoms with Gasteiger partial charge in [-0.25, -0.2) is 9.97 Å². The molecule has 2 aromatic heterocycles. The van der Waals surface area contributed by atoms with E-state index in [4.69, 9.17) is 5.73 Å². The van der Waals surface area contributed by atoms with E-state index in [0.717, 1.165) is 23.6 Å². The summed E-state index contributed by atoms with van der Waals surface area (Å²) < 4.78 is 0. The number of pyridine rings is 1. The van der Waals surface area contributed by atoms with Crippen LogP contribution in [0.25, 0.3) is 0 Å². The minimum absolute atomic E-state index is 0.0281. The van der Waals surface area contributed by atoms with E-state index in [1.807, 2.05) is 43.2 Å². The van der Waals surface area contributed by atoms with E-state index in [1.54, 1.807) is 11.3 Å². The molecule has 2 aromatic rings. The summed E-state index contributed by atoms with van der Waals surface area (Å²) in [5.41, 5.74) is 9.75. The smallest absolute Gasteiger partial charge is 0.128 e. The number of nitrogens with two attached hydrogens (primary N) is 1. The molecule has 0 spiro atoms. The molecule has 1 atom stereocenters. The average Bonchev–Trinajstić information content (AvgIpc) is 2.82. The van der Waals surface area contributed by atoms with E-state index in [0.29, 0.717) is 0 Å². The van der Waals surface area contributed by atoms with Crippen molar-refractivity contribution in [1.29, 1.82) is 0 Å². The lowest BCUT2D eigenvalue weighted by Crippen LogP contribution is -2.18. The maximum Gasteiger partial charge on any atom is 0.128 e. The molecule has 4 nitrogen and oxygen atoms in total. The van der Waals surface area contributed by atoms with Crippen molar-refractivity contribution in [2.24, 2.45) is 5.73 Å². The highest BCUT2D eigenvalue weighted by Gasteiger charge is 2.06. The van der Waals surface area contributed by atoms with Crippen molar-refractivity contribution in [3.8, 4) is 0 Å². The van der Waals surface area contributed by atoms with Gasteiger partial charge in [0.05, 0.1) is 17.7 Å². The van der Waals surface area contributed by atoms with Gasteiger partial charge >= 0.3 is 0 Å². The molecule has 0 bridgehead atoms. The Hall–Kier alpha value is -1.46. The molecule has 0 saturated carbocycles. The fourth-order valence-corrected chi connectivity index (χ4v) is 2.08. The summed E-state index contributed by atoms with van der Waals surface area (Å²) in [6.45, 7) is 2.73. The molecule has 0 aliphatic rings. The molecule has 0 radical (unpaired) electrons. The van der Waals surface area contributed by atoms with Crippen molar-refractivity contribution < 1.29 is 0 Å². The highest BCUT2D eigenvalue weighted by Crippen LogP contribution is 2.15. The lowest BCUT2D eigenvalue weighted by molar-refractivity contribution is 0.806. The summed E-state index contributed by atoms with van der Waals surface area (Å²) in [7, 11) is 2.01. The molecule has 17 heavy (non-hydrogen) atoms. The molecule has 5 heteroatoms. The summed E-state index contributed by atoms with van der Waals surface area (Å²) in [5.74, 6) is 0.933. The number of anilines is 1. The summed E-state index contributed by atoms with van der Waals surface area (Å²) in [6.07, 6.45) is 1.83. The molecule has 2 N–H and O–H groups in total. The third kappa shape index (κ3) is 3.01. The van der Waals surface area contributed by atoms with Crippen LogP contribution in [-0.2, 0) is 6.54 Å². The SMILES string of the molecule is CC(N)c1ccc(N(C)Cc2cscn2)nc1. The van der Waals surface area contributed by atoms with E-state index in [2.05, 4.69) is 14.9 Å². The van der Waals surface area contributed by atoms with Crippen LogP contribution in [0.3, 0.4) is 0 Å². The van der Waals surface area contributed by atoms with Gasteiger partial charge in [0.25, 0.3) is 0 Å². The van der Waals surface area contributed by atoms with Crippen LogP contribution in [0.15, 0.2) is 29.2 Å². The molecule has 90 valence electrons. The number of thiazole rings is 1. The zero-order chi connectivity index (χ0) is 12.3. The van der Waals surface area contributed by atoms with Gasteiger partial charge in [-0.2, -0.15) is 0 Å². The molecule has 0 amide bonds. The molecule has 2 heterocycles. The van der Waals surface area contributed by atoms with Crippen LogP contribution in [-0.4, -0.2) is 17.0 Å².